The van der Waals surface area contributed by atoms with Crippen molar-refractivity contribution >= 4 is 11.9 Å². The van der Waals surface area contributed by atoms with Crippen LogP contribution in [0.25, 0.3) is 0 Å². The van der Waals surface area contributed by atoms with Gasteiger partial charge in [-0.05, 0) is 25.7 Å². The van der Waals surface area contributed by atoms with Gasteiger partial charge in [-0.25, -0.2) is 0 Å². The maximum atomic E-state index is 12.3. The molecule has 0 aromatic rings. The highest BCUT2D eigenvalue weighted by atomic mass is 16.5. The minimum atomic E-state index is -0.298. The van der Waals surface area contributed by atoms with Gasteiger partial charge in [0.05, 0.1) is 25.0 Å². The van der Waals surface area contributed by atoms with Crippen LogP contribution in [-0.4, -0.2) is 25.2 Å². The Balaban J connectivity index is 2.37. The number of hydrogen-bond acceptors (Lipinski definition) is 4. The van der Waals surface area contributed by atoms with Crippen LogP contribution in [0.2, 0.25) is 0 Å². The van der Waals surface area contributed by atoms with Gasteiger partial charge in [0.1, 0.15) is 0 Å². The maximum absolute atomic E-state index is 12.3. The number of ether oxygens (including phenoxy) is 2. The lowest BCUT2D eigenvalue weighted by atomic mass is 9.79. The molecule has 0 N–H and O–H groups in total. The zero-order valence-corrected chi connectivity index (χ0v) is 15.0. The minimum Gasteiger partial charge on any atom is -0.465 e. The predicted molar refractivity (Wildman–Crippen MR) is 91.0 cm³/mol. The Kier molecular flexibility index (Phi) is 10.8. The molecule has 0 bridgehead atoms. The van der Waals surface area contributed by atoms with E-state index in [0.717, 1.165) is 57.8 Å². The van der Waals surface area contributed by atoms with Gasteiger partial charge in [0, 0.05) is 0 Å². The van der Waals surface area contributed by atoms with Crippen LogP contribution in [0.15, 0.2) is 0 Å². The van der Waals surface area contributed by atoms with Crippen molar-refractivity contribution in [3.05, 3.63) is 0 Å². The Hall–Kier alpha value is -1.06. The standard InChI is InChI=1S/C19H34O4/c1-3-5-7-11-15-23-19(21)17-13-9-8-12-16(17)18(20)22-14-10-6-4-2/h16-17H,3-15H2,1-2H3. The molecular formula is C19H34O4. The molecule has 0 aliphatic heterocycles. The molecule has 1 saturated carbocycles. The van der Waals surface area contributed by atoms with Crippen molar-refractivity contribution in [2.45, 2.75) is 84.5 Å². The first-order chi connectivity index (χ1) is 11.2. The molecule has 0 saturated heterocycles. The predicted octanol–water partition coefficient (Wildman–Crippen LogP) is 4.65. The van der Waals surface area contributed by atoms with Crippen LogP contribution in [0.4, 0.5) is 0 Å². The van der Waals surface area contributed by atoms with E-state index in [9.17, 15) is 9.59 Å². The molecule has 4 heteroatoms. The first-order valence-electron chi connectivity index (χ1n) is 9.54. The van der Waals surface area contributed by atoms with E-state index >= 15 is 0 Å². The lowest BCUT2D eigenvalue weighted by Gasteiger charge is -2.28. The van der Waals surface area contributed by atoms with E-state index in [1.807, 2.05) is 0 Å². The molecular weight excluding hydrogens is 292 g/mol. The smallest absolute Gasteiger partial charge is 0.309 e. The first-order valence-corrected chi connectivity index (χ1v) is 9.54. The lowest BCUT2D eigenvalue weighted by Crippen LogP contribution is -2.35. The molecule has 0 radical (unpaired) electrons. The van der Waals surface area contributed by atoms with E-state index in [1.54, 1.807) is 0 Å². The van der Waals surface area contributed by atoms with Gasteiger partial charge >= 0.3 is 11.9 Å². The van der Waals surface area contributed by atoms with Crippen molar-refractivity contribution in [1.29, 1.82) is 0 Å². The van der Waals surface area contributed by atoms with Crippen molar-refractivity contribution < 1.29 is 19.1 Å². The lowest BCUT2D eigenvalue weighted by molar-refractivity contribution is -0.163. The average Bonchev–Trinajstić information content (AvgIpc) is 2.58. The van der Waals surface area contributed by atoms with Crippen LogP contribution >= 0.6 is 0 Å². The number of carbonyl (C=O) groups excluding carboxylic acids is 2. The highest BCUT2D eigenvalue weighted by Crippen LogP contribution is 2.32. The fourth-order valence-electron chi connectivity index (χ4n) is 3.14. The van der Waals surface area contributed by atoms with E-state index in [-0.39, 0.29) is 23.8 Å². The van der Waals surface area contributed by atoms with Crippen molar-refractivity contribution in [2.24, 2.45) is 11.8 Å². The van der Waals surface area contributed by atoms with E-state index in [1.165, 1.54) is 12.8 Å². The molecule has 0 heterocycles. The number of rotatable bonds is 11. The fourth-order valence-corrected chi connectivity index (χ4v) is 3.14. The summed E-state index contributed by atoms with van der Waals surface area (Å²) in [4.78, 5) is 24.6. The molecule has 0 spiro atoms. The Morgan fingerprint density at radius 2 is 1.17 bits per heavy atom. The molecule has 0 aromatic carbocycles. The van der Waals surface area contributed by atoms with Gasteiger partial charge < -0.3 is 9.47 Å². The van der Waals surface area contributed by atoms with Gasteiger partial charge in [0.15, 0.2) is 0 Å². The Morgan fingerprint density at radius 3 is 1.65 bits per heavy atom. The normalized spacial score (nSPS) is 21.0. The van der Waals surface area contributed by atoms with Crippen molar-refractivity contribution in [3.8, 4) is 0 Å². The quantitative estimate of drug-likeness (QED) is 0.410. The van der Waals surface area contributed by atoms with E-state index in [4.69, 9.17) is 9.47 Å². The molecule has 1 rings (SSSR count). The monoisotopic (exact) mass is 326 g/mol. The van der Waals surface area contributed by atoms with E-state index in [0.29, 0.717) is 13.2 Å². The Bertz CT molecular complexity index is 340. The molecule has 2 atom stereocenters. The summed E-state index contributed by atoms with van der Waals surface area (Å²) in [5.41, 5.74) is 0. The molecule has 0 aromatic heterocycles. The third kappa shape index (κ3) is 7.85. The Labute approximate surface area is 141 Å². The second kappa shape index (κ2) is 12.4. The topological polar surface area (TPSA) is 52.6 Å². The maximum Gasteiger partial charge on any atom is 0.309 e. The van der Waals surface area contributed by atoms with Crippen molar-refractivity contribution in [1.82, 2.24) is 0 Å². The Morgan fingerprint density at radius 1 is 0.739 bits per heavy atom. The molecule has 0 amide bonds. The van der Waals surface area contributed by atoms with Crippen molar-refractivity contribution in [3.63, 3.8) is 0 Å². The fraction of sp³-hybridized carbons (Fsp3) is 0.895. The summed E-state index contributed by atoms with van der Waals surface area (Å²) >= 11 is 0. The molecule has 1 aliphatic rings. The van der Waals surface area contributed by atoms with Crippen LogP contribution in [0.1, 0.15) is 84.5 Å². The SMILES string of the molecule is CCCCCCOC(=O)C1CCCCC1C(=O)OCCCCC. The minimum absolute atomic E-state index is 0.197. The van der Waals surface area contributed by atoms with Gasteiger partial charge in [0.2, 0.25) is 0 Å². The first kappa shape index (κ1) is 20.0. The summed E-state index contributed by atoms with van der Waals surface area (Å²) in [5, 5.41) is 0. The third-order valence-electron chi connectivity index (χ3n) is 4.61. The average molecular weight is 326 g/mol. The van der Waals surface area contributed by atoms with Crippen LogP contribution in [-0.2, 0) is 19.1 Å². The van der Waals surface area contributed by atoms with E-state index < -0.39 is 0 Å². The van der Waals surface area contributed by atoms with Gasteiger partial charge in [0.25, 0.3) is 0 Å². The largest absolute Gasteiger partial charge is 0.465 e. The van der Waals surface area contributed by atoms with Gasteiger partial charge in [-0.3, -0.25) is 9.59 Å². The second-order valence-electron chi connectivity index (χ2n) is 6.60. The molecule has 134 valence electrons. The molecule has 23 heavy (non-hydrogen) atoms. The van der Waals surface area contributed by atoms with Gasteiger partial charge in [-0.1, -0.05) is 58.8 Å². The van der Waals surface area contributed by atoms with Gasteiger partial charge in [-0.2, -0.15) is 0 Å². The molecule has 1 aliphatic carbocycles. The van der Waals surface area contributed by atoms with E-state index in [2.05, 4.69) is 13.8 Å². The van der Waals surface area contributed by atoms with Crippen LogP contribution < -0.4 is 0 Å². The number of hydrogen-bond donors (Lipinski definition) is 0. The third-order valence-corrected chi connectivity index (χ3v) is 4.61. The van der Waals surface area contributed by atoms with Crippen LogP contribution in [0.5, 0.6) is 0 Å². The highest BCUT2D eigenvalue weighted by Gasteiger charge is 2.37. The second-order valence-corrected chi connectivity index (χ2v) is 6.60. The molecule has 4 nitrogen and oxygen atoms in total. The van der Waals surface area contributed by atoms with Gasteiger partial charge in [-0.15, -0.1) is 0 Å². The summed E-state index contributed by atoms with van der Waals surface area (Å²) in [6.07, 6.45) is 10.9. The number of unbranched alkanes of at least 4 members (excludes halogenated alkanes) is 5. The summed E-state index contributed by atoms with van der Waals surface area (Å²) < 4.78 is 10.8. The summed E-state index contributed by atoms with van der Waals surface area (Å²) in [5.74, 6) is -0.993. The summed E-state index contributed by atoms with van der Waals surface area (Å²) in [6.45, 7) is 5.23. The number of esters is 2. The van der Waals surface area contributed by atoms with Crippen LogP contribution in [0.3, 0.4) is 0 Å². The van der Waals surface area contributed by atoms with Crippen molar-refractivity contribution in [2.75, 3.05) is 13.2 Å². The summed E-state index contributed by atoms with van der Waals surface area (Å²) in [7, 11) is 0. The number of carbonyl (C=O) groups is 2. The zero-order valence-electron chi connectivity index (χ0n) is 15.0. The van der Waals surface area contributed by atoms with Crippen LogP contribution in [0, 0.1) is 11.8 Å². The molecule has 1 fully saturated rings. The highest BCUT2D eigenvalue weighted by molar-refractivity contribution is 5.82. The molecule has 2 unspecified atom stereocenters. The zero-order chi connectivity index (χ0) is 16.9. The summed E-state index contributed by atoms with van der Waals surface area (Å²) in [6, 6.07) is 0.